The van der Waals surface area contributed by atoms with Crippen LogP contribution in [0.1, 0.15) is 52.4 Å². The van der Waals surface area contributed by atoms with Crippen molar-refractivity contribution in [3.8, 4) is 0 Å². The Hall–Kier alpha value is -1.71. The highest BCUT2D eigenvalue weighted by atomic mass is 16.5. The predicted octanol–water partition coefficient (Wildman–Crippen LogP) is 2.23. The van der Waals surface area contributed by atoms with E-state index in [1.807, 2.05) is 0 Å². The minimum absolute atomic E-state index is 0.248. The summed E-state index contributed by atoms with van der Waals surface area (Å²) in [6.45, 7) is 7.50. The number of anilines is 3. The maximum Gasteiger partial charge on any atom is 0.229 e. The second kappa shape index (κ2) is 13.5. The van der Waals surface area contributed by atoms with Crippen LogP contribution in [0.15, 0.2) is 0 Å². The lowest BCUT2D eigenvalue weighted by molar-refractivity contribution is 0.0547. The summed E-state index contributed by atoms with van der Waals surface area (Å²) >= 11 is 0. The summed E-state index contributed by atoms with van der Waals surface area (Å²) in [5, 5.41) is 9.99. The van der Waals surface area contributed by atoms with Crippen molar-refractivity contribution in [3.63, 3.8) is 0 Å². The number of hydrogen-bond donors (Lipinski definition) is 4. The number of aromatic nitrogens is 3. The van der Waals surface area contributed by atoms with E-state index in [2.05, 4.69) is 44.7 Å². The fourth-order valence-corrected chi connectivity index (χ4v) is 3.09. The average Bonchev–Trinajstić information content (AvgIpc) is 2.92. The van der Waals surface area contributed by atoms with Gasteiger partial charge in [-0.15, -0.1) is 0 Å². The third-order valence-corrected chi connectivity index (χ3v) is 4.41. The van der Waals surface area contributed by atoms with Crippen molar-refractivity contribution in [1.29, 1.82) is 0 Å². The summed E-state index contributed by atoms with van der Waals surface area (Å²) in [5.74, 6) is 1.76. The van der Waals surface area contributed by atoms with Crippen molar-refractivity contribution in [1.82, 2.24) is 15.0 Å². The van der Waals surface area contributed by atoms with Gasteiger partial charge in [-0.2, -0.15) is 15.0 Å². The van der Waals surface area contributed by atoms with Crippen LogP contribution in [0, 0.1) is 0 Å². The first-order chi connectivity index (χ1) is 13.7. The highest BCUT2D eigenvalue weighted by Crippen LogP contribution is 2.20. The molecule has 1 aromatic heterocycles. The monoisotopic (exact) mass is 395 g/mol. The van der Waals surface area contributed by atoms with E-state index in [0.29, 0.717) is 63.4 Å². The maximum absolute atomic E-state index is 5.53. The largest absolute Gasteiger partial charge is 0.378 e. The molecule has 0 radical (unpaired) electrons. The summed E-state index contributed by atoms with van der Waals surface area (Å²) < 4.78 is 10.8. The van der Waals surface area contributed by atoms with Crippen molar-refractivity contribution in [2.75, 3.05) is 55.5 Å². The zero-order valence-corrected chi connectivity index (χ0v) is 17.4. The Morgan fingerprint density at radius 1 is 0.893 bits per heavy atom. The van der Waals surface area contributed by atoms with E-state index in [1.54, 1.807) is 0 Å². The molecule has 0 saturated heterocycles. The molecular formula is C19H37N7O2. The van der Waals surface area contributed by atoms with Crippen molar-refractivity contribution >= 4 is 17.8 Å². The fourth-order valence-electron chi connectivity index (χ4n) is 3.09. The smallest absolute Gasteiger partial charge is 0.229 e. The van der Waals surface area contributed by atoms with Crippen LogP contribution in [0.3, 0.4) is 0 Å². The summed E-state index contributed by atoms with van der Waals surface area (Å²) in [4.78, 5) is 13.6. The van der Waals surface area contributed by atoms with Crippen LogP contribution >= 0.6 is 0 Å². The summed E-state index contributed by atoms with van der Waals surface area (Å²) in [5.41, 5.74) is 5.37. The van der Waals surface area contributed by atoms with Crippen molar-refractivity contribution in [2.45, 2.75) is 64.5 Å². The number of nitrogens with one attached hydrogen (secondary N) is 3. The van der Waals surface area contributed by atoms with E-state index < -0.39 is 0 Å². The van der Waals surface area contributed by atoms with Gasteiger partial charge in [-0.1, -0.05) is 25.7 Å². The van der Waals surface area contributed by atoms with Gasteiger partial charge in [0, 0.05) is 25.2 Å². The van der Waals surface area contributed by atoms with E-state index in [9.17, 15) is 0 Å². The molecule has 5 N–H and O–H groups in total. The molecule has 0 atom stereocenters. The molecule has 0 aliphatic heterocycles. The lowest BCUT2D eigenvalue weighted by Crippen LogP contribution is -2.23. The molecule has 9 heteroatoms. The van der Waals surface area contributed by atoms with Crippen molar-refractivity contribution in [2.24, 2.45) is 5.73 Å². The third kappa shape index (κ3) is 9.48. The Bertz CT molecular complexity index is 537. The molecule has 1 aromatic rings. The molecular weight excluding hydrogens is 358 g/mol. The van der Waals surface area contributed by atoms with Crippen LogP contribution in [0.5, 0.6) is 0 Å². The van der Waals surface area contributed by atoms with Gasteiger partial charge in [0.2, 0.25) is 17.8 Å². The summed E-state index contributed by atoms with van der Waals surface area (Å²) in [6.07, 6.45) is 7.50. The lowest BCUT2D eigenvalue weighted by Gasteiger charge is -2.18. The minimum atomic E-state index is 0.248. The van der Waals surface area contributed by atoms with Crippen LogP contribution in [-0.4, -0.2) is 66.6 Å². The molecule has 28 heavy (non-hydrogen) atoms. The molecule has 0 spiro atoms. The van der Waals surface area contributed by atoms with E-state index in [0.717, 1.165) is 0 Å². The molecule has 9 nitrogen and oxygen atoms in total. The van der Waals surface area contributed by atoms with Crippen LogP contribution in [0.2, 0.25) is 0 Å². The number of hydrogen-bond acceptors (Lipinski definition) is 9. The normalized spacial score (nSPS) is 15.4. The maximum atomic E-state index is 5.53. The predicted molar refractivity (Wildman–Crippen MR) is 113 cm³/mol. The number of rotatable bonds is 13. The Morgan fingerprint density at radius 3 is 2.21 bits per heavy atom. The van der Waals surface area contributed by atoms with E-state index >= 15 is 0 Å². The fraction of sp³-hybridized carbons (Fsp3) is 0.842. The second-order valence-corrected chi connectivity index (χ2v) is 7.38. The third-order valence-electron chi connectivity index (χ3n) is 4.41. The molecule has 1 aliphatic rings. The van der Waals surface area contributed by atoms with Crippen molar-refractivity contribution < 1.29 is 9.47 Å². The first kappa shape index (κ1) is 22.6. The Morgan fingerprint density at radius 2 is 1.54 bits per heavy atom. The van der Waals surface area contributed by atoms with Gasteiger partial charge in [0.1, 0.15) is 0 Å². The molecule has 1 fully saturated rings. The number of nitrogens with two attached hydrogens (primary N) is 1. The zero-order valence-electron chi connectivity index (χ0n) is 17.4. The van der Waals surface area contributed by atoms with Gasteiger partial charge in [0.25, 0.3) is 0 Å². The molecule has 1 heterocycles. The topological polar surface area (TPSA) is 119 Å². The lowest BCUT2D eigenvalue weighted by atomic mass is 10.1. The van der Waals surface area contributed by atoms with Gasteiger partial charge in [0.05, 0.1) is 26.4 Å². The SMILES string of the molecule is CC(C)Nc1nc(NCCOCCOCCN)nc(NC2CCCCCC2)n1. The summed E-state index contributed by atoms with van der Waals surface area (Å²) in [6, 6.07) is 0.680. The quantitative estimate of drug-likeness (QED) is 0.294. The van der Waals surface area contributed by atoms with Gasteiger partial charge in [0.15, 0.2) is 0 Å². The molecule has 0 bridgehead atoms. The molecule has 1 aliphatic carbocycles. The van der Waals surface area contributed by atoms with Crippen LogP contribution < -0.4 is 21.7 Å². The molecule has 2 rings (SSSR count). The molecule has 0 amide bonds. The average molecular weight is 396 g/mol. The van der Waals surface area contributed by atoms with Crippen LogP contribution in [-0.2, 0) is 9.47 Å². The number of ether oxygens (including phenoxy) is 2. The first-order valence-electron chi connectivity index (χ1n) is 10.6. The first-order valence-corrected chi connectivity index (χ1v) is 10.6. The molecule has 0 unspecified atom stereocenters. The van der Waals surface area contributed by atoms with Gasteiger partial charge in [-0.25, -0.2) is 0 Å². The van der Waals surface area contributed by atoms with E-state index in [-0.39, 0.29) is 6.04 Å². The Labute approximate surface area is 168 Å². The molecule has 160 valence electrons. The Kier molecular flexibility index (Phi) is 10.9. The highest BCUT2D eigenvalue weighted by molar-refractivity contribution is 5.43. The minimum Gasteiger partial charge on any atom is -0.378 e. The Balaban J connectivity index is 1.85. The zero-order chi connectivity index (χ0) is 20.0. The van der Waals surface area contributed by atoms with Gasteiger partial charge < -0.3 is 31.2 Å². The van der Waals surface area contributed by atoms with Crippen LogP contribution in [0.4, 0.5) is 17.8 Å². The standard InChI is InChI=1S/C19H37N7O2/c1-15(2)22-18-24-17(21-10-12-28-14-13-27-11-9-20)25-19(26-18)23-16-7-5-3-4-6-8-16/h15-16H,3-14,20H2,1-2H3,(H3,21,22,23,24,25,26). The molecule has 1 saturated carbocycles. The van der Waals surface area contributed by atoms with Gasteiger partial charge >= 0.3 is 0 Å². The van der Waals surface area contributed by atoms with E-state index in [4.69, 9.17) is 15.2 Å². The van der Waals surface area contributed by atoms with Crippen molar-refractivity contribution in [3.05, 3.63) is 0 Å². The molecule has 0 aromatic carbocycles. The van der Waals surface area contributed by atoms with Gasteiger partial charge in [-0.05, 0) is 26.7 Å². The van der Waals surface area contributed by atoms with Gasteiger partial charge in [-0.3, -0.25) is 0 Å². The second-order valence-electron chi connectivity index (χ2n) is 7.38. The number of nitrogens with zero attached hydrogens (tertiary/aromatic N) is 3. The van der Waals surface area contributed by atoms with E-state index in [1.165, 1.54) is 38.5 Å². The van der Waals surface area contributed by atoms with Crippen LogP contribution in [0.25, 0.3) is 0 Å². The highest BCUT2D eigenvalue weighted by Gasteiger charge is 2.15. The summed E-state index contributed by atoms with van der Waals surface area (Å²) in [7, 11) is 0.